The average Bonchev–Trinajstić information content (AvgIpc) is 2.15. The summed E-state index contributed by atoms with van der Waals surface area (Å²) < 4.78 is 0. The molecule has 0 saturated heterocycles. The van der Waals surface area contributed by atoms with Gasteiger partial charge < -0.3 is 0 Å². The maximum Gasteiger partial charge on any atom is -0.0225 e. The van der Waals surface area contributed by atoms with Crippen molar-refractivity contribution in [1.82, 2.24) is 0 Å². The lowest BCUT2D eigenvalue weighted by Gasteiger charge is -2.07. The first-order valence-electron chi connectivity index (χ1n) is 5.52. The Bertz CT molecular complexity index is 228. The maximum absolute atomic E-state index is 4.00. The predicted octanol–water partition coefficient (Wildman–Crippen LogP) is 4.75. The number of hydrogen-bond donors (Lipinski definition) is 0. The highest BCUT2D eigenvalue weighted by molar-refractivity contribution is 5.22. The summed E-state index contributed by atoms with van der Waals surface area (Å²) in [5, 5.41) is 0. The van der Waals surface area contributed by atoms with Crippen LogP contribution in [-0.2, 0) is 0 Å². The minimum atomic E-state index is 0.545. The smallest absolute Gasteiger partial charge is 0.0225 e. The fourth-order valence-electron chi connectivity index (χ4n) is 1.00. The first-order valence-corrected chi connectivity index (χ1v) is 5.52. The normalized spacial score (nSPS) is 15.1. The van der Waals surface area contributed by atoms with E-state index in [0.717, 1.165) is 0 Å². The Kier molecular flexibility index (Phi) is 6.27. The van der Waals surface area contributed by atoms with Gasteiger partial charge in [-0.2, -0.15) is 0 Å². The molecule has 0 bridgehead atoms. The van der Waals surface area contributed by atoms with Crippen molar-refractivity contribution in [3.63, 3.8) is 0 Å². The Morgan fingerprint density at radius 3 is 2.29 bits per heavy atom. The molecule has 0 radical (unpaired) electrons. The Hall–Kier alpha value is -0.780. The molecule has 0 heterocycles. The molecule has 0 aliphatic carbocycles. The van der Waals surface area contributed by atoms with Gasteiger partial charge in [-0.1, -0.05) is 63.6 Å². The van der Waals surface area contributed by atoms with Gasteiger partial charge in [0.15, 0.2) is 0 Å². The molecule has 0 aromatic carbocycles. The molecule has 80 valence electrons. The van der Waals surface area contributed by atoms with Gasteiger partial charge in [0.25, 0.3) is 0 Å². The van der Waals surface area contributed by atoms with E-state index in [4.69, 9.17) is 0 Å². The summed E-state index contributed by atoms with van der Waals surface area (Å²) >= 11 is 0. The van der Waals surface area contributed by atoms with Crippen LogP contribution in [0, 0.1) is 11.8 Å². The Morgan fingerprint density at radius 2 is 1.86 bits per heavy atom. The largest absolute Gasteiger partial charge is 0.0956 e. The van der Waals surface area contributed by atoms with Crippen LogP contribution in [0.2, 0.25) is 0 Å². The van der Waals surface area contributed by atoms with Crippen molar-refractivity contribution >= 4 is 0 Å². The number of allylic oxidation sites excluding steroid dienone is 5. The average molecular weight is 192 g/mol. The molecule has 1 unspecified atom stereocenters. The highest BCUT2D eigenvalue weighted by Gasteiger charge is 1.98. The van der Waals surface area contributed by atoms with Gasteiger partial charge in [0.1, 0.15) is 0 Å². The molecule has 0 aliphatic heterocycles. The molecule has 1 atom stereocenters. The lowest BCUT2D eigenvalue weighted by Crippen LogP contribution is -1.92. The topological polar surface area (TPSA) is 0 Å². The quantitative estimate of drug-likeness (QED) is 0.551. The Labute approximate surface area is 89.4 Å². The van der Waals surface area contributed by atoms with Crippen molar-refractivity contribution in [3.05, 3.63) is 36.0 Å². The van der Waals surface area contributed by atoms with Crippen LogP contribution in [0.25, 0.3) is 0 Å². The van der Waals surface area contributed by atoms with Crippen LogP contribution in [0.15, 0.2) is 36.0 Å². The van der Waals surface area contributed by atoms with Crippen molar-refractivity contribution in [2.45, 2.75) is 41.0 Å². The monoisotopic (exact) mass is 192 g/mol. The molecule has 0 nitrogen and oxygen atoms in total. The molecule has 0 aliphatic rings. The van der Waals surface area contributed by atoms with E-state index in [9.17, 15) is 0 Å². The van der Waals surface area contributed by atoms with Crippen molar-refractivity contribution in [3.8, 4) is 0 Å². The van der Waals surface area contributed by atoms with E-state index >= 15 is 0 Å². The van der Waals surface area contributed by atoms with Gasteiger partial charge in [0.2, 0.25) is 0 Å². The molecule has 0 spiro atoms. The van der Waals surface area contributed by atoms with Crippen molar-refractivity contribution in [1.29, 1.82) is 0 Å². The van der Waals surface area contributed by atoms with Crippen molar-refractivity contribution in [2.75, 3.05) is 0 Å². The minimum absolute atomic E-state index is 0.545. The molecule has 0 aromatic heterocycles. The summed E-state index contributed by atoms with van der Waals surface area (Å²) in [5.74, 6) is 1.23. The summed E-state index contributed by atoms with van der Waals surface area (Å²) in [6.45, 7) is 15.0. The number of rotatable bonds is 5. The Balaban J connectivity index is 4.21. The van der Waals surface area contributed by atoms with E-state index in [0.29, 0.717) is 11.8 Å². The molecule has 0 heteroatoms. The van der Waals surface area contributed by atoms with Crippen LogP contribution in [0.4, 0.5) is 0 Å². The molecule has 0 aromatic rings. The van der Waals surface area contributed by atoms with E-state index in [1.54, 1.807) is 0 Å². The standard InChI is InChI=1S/C14H24/c1-7-12(4)14(6)10-8-9-13(5)11(2)3/h8-12H,5,7H2,1-4,6H3/b9-8-,14-10+. The van der Waals surface area contributed by atoms with Gasteiger partial charge in [-0.05, 0) is 25.2 Å². The fraction of sp³-hybridized carbons (Fsp3) is 0.571. The third-order valence-electron chi connectivity index (χ3n) is 2.80. The van der Waals surface area contributed by atoms with Crippen LogP contribution < -0.4 is 0 Å². The SMILES string of the molecule is C=C(/C=C\C=C(/C)C(C)CC)C(C)C. The minimum Gasteiger partial charge on any atom is -0.0956 e. The molecule has 0 saturated carbocycles. The zero-order valence-electron chi connectivity index (χ0n) is 10.3. The molecule has 0 amide bonds. The van der Waals surface area contributed by atoms with Crippen LogP contribution in [0.5, 0.6) is 0 Å². The third kappa shape index (κ3) is 5.06. The summed E-state index contributed by atoms with van der Waals surface area (Å²) in [5.41, 5.74) is 2.64. The summed E-state index contributed by atoms with van der Waals surface area (Å²) in [4.78, 5) is 0. The maximum atomic E-state index is 4.00. The first kappa shape index (κ1) is 13.2. The predicted molar refractivity (Wildman–Crippen MR) is 66.3 cm³/mol. The highest BCUT2D eigenvalue weighted by atomic mass is 14.0. The lowest BCUT2D eigenvalue weighted by molar-refractivity contribution is 0.655. The zero-order valence-corrected chi connectivity index (χ0v) is 10.3. The van der Waals surface area contributed by atoms with E-state index in [1.165, 1.54) is 17.6 Å². The number of hydrogen-bond acceptors (Lipinski definition) is 0. The molecular weight excluding hydrogens is 168 g/mol. The second-order valence-corrected chi connectivity index (χ2v) is 4.31. The molecule has 14 heavy (non-hydrogen) atoms. The summed E-state index contributed by atoms with van der Waals surface area (Å²) in [7, 11) is 0. The van der Waals surface area contributed by atoms with E-state index in [-0.39, 0.29) is 0 Å². The van der Waals surface area contributed by atoms with E-state index in [1.807, 2.05) is 0 Å². The first-order chi connectivity index (χ1) is 6.49. The second kappa shape index (κ2) is 6.64. The van der Waals surface area contributed by atoms with Gasteiger partial charge in [-0.15, -0.1) is 0 Å². The third-order valence-corrected chi connectivity index (χ3v) is 2.80. The van der Waals surface area contributed by atoms with Crippen LogP contribution in [0.1, 0.15) is 41.0 Å². The lowest BCUT2D eigenvalue weighted by atomic mass is 9.99. The van der Waals surface area contributed by atoms with Crippen LogP contribution in [-0.4, -0.2) is 0 Å². The summed E-state index contributed by atoms with van der Waals surface area (Å²) in [6.07, 6.45) is 7.63. The molecule has 0 rings (SSSR count). The molecule has 0 fully saturated rings. The van der Waals surface area contributed by atoms with Crippen molar-refractivity contribution < 1.29 is 0 Å². The summed E-state index contributed by atoms with van der Waals surface area (Å²) in [6, 6.07) is 0. The zero-order chi connectivity index (χ0) is 11.1. The van der Waals surface area contributed by atoms with Crippen LogP contribution >= 0.6 is 0 Å². The fourth-order valence-corrected chi connectivity index (χ4v) is 1.00. The van der Waals surface area contributed by atoms with Gasteiger partial charge in [0.05, 0.1) is 0 Å². The van der Waals surface area contributed by atoms with E-state index in [2.05, 4.69) is 59.4 Å². The van der Waals surface area contributed by atoms with Crippen molar-refractivity contribution in [2.24, 2.45) is 11.8 Å². The Morgan fingerprint density at radius 1 is 1.29 bits per heavy atom. The molecule has 0 N–H and O–H groups in total. The van der Waals surface area contributed by atoms with Crippen LogP contribution in [0.3, 0.4) is 0 Å². The van der Waals surface area contributed by atoms with Gasteiger partial charge in [0, 0.05) is 0 Å². The van der Waals surface area contributed by atoms with Gasteiger partial charge in [-0.3, -0.25) is 0 Å². The van der Waals surface area contributed by atoms with Gasteiger partial charge >= 0.3 is 0 Å². The second-order valence-electron chi connectivity index (χ2n) is 4.31. The molecular formula is C14H24. The van der Waals surface area contributed by atoms with Gasteiger partial charge in [-0.25, -0.2) is 0 Å². The van der Waals surface area contributed by atoms with E-state index < -0.39 is 0 Å². The highest BCUT2D eigenvalue weighted by Crippen LogP contribution is 2.14.